The number of hydrogen-bond donors (Lipinski definition) is 0. The SMILES string of the molecule is Cc1cccc(OCCN2C(=O)C(C)Oc3ccc(-c4csc(C)n4)cc32)c1. The van der Waals surface area contributed by atoms with E-state index in [0.29, 0.717) is 18.9 Å². The average Bonchev–Trinajstić information content (AvgIpc) is 3.11. The maximum Gasteiger partial charge on any atom is 0.267 e. The van der Waals surface area contributed by atoms with Gasteiger partial charge in [-0.3, -0.25) is 4.79 Å². The van der Waals surface area contributed by atoms with Gasteiger partial charge in [-0.1, -0.05) is 12.1 Å². The van der Waals surface area contributed by atoms with Crippen molar-refractivity contribution in [3.8, 4) is 22.8 Å². The van der Waals surface area contributed by atoms with E-state index in [2.05, 4.69) is 4.98 Å². The van der Waals surface area contributed by atoms with Crippen molar-refractivity contribution in [1.29, 1.82) is 0 Å². The zero-order valence-corrected chi connectivity index (χ0v) is 17.0. The number of carbonyl (C=O) groups is 1. The molecule has 0 bridgehead atoms. The van der Waals surface area contributed by atoms with Crippen molar-refractivity contribution in [3.05, 3.63) is 58.4 Å². The number of aryl methyl sites for hydroxylation is 2. The van der Waals surface area contributed by atoms with E-state index in [-0.39, 0.29) is 5.91 Å². The molecule has 0 saturated carbocycles. The van der Waals surface area contributed by atoms with Gasteiger partial charge in [-0.25, -0.2) is 4.98 Å². The lowest BCUT2D eigenvalue weighted by Gasteiger charge is -2.33. The van der Waals surface area contributed by atoms with Crippen LogP contribution in [0.25, 0.3) is 11.3 Å². The van der Waals surface area contributed by atoms with E-state index in [0.717, 1.165) is 33.3 Å². The molecule has 1 aromatic heterocycles. The molecule has 2 heterocycles. The first-order valence-corrected chi connectivity index (χ1v) is 10.1. The predicted octanol–water partition coefficient (Wildman–Crippen LogP) is 4.62. The van der Waals surface area contributed by atoms with Crippen molar-refractivity contribution in [2.24, 2.45) is 0 Å². The molecule has 0 spiro atoms. The number of fused-ring (bicyclic) bond motifs is 1. The van der Waals surface area contributed by atoms with Crippen molar-refractivity contribution < 1.29 is 14.3 Å². The highest BCUT2D eigenvalue weighted by Gasteiger charge is 2.31. The lowest BCUT2D eigenvalue weighted by molar-refractivity contribution is -0.125. The zero-order valence-electron chi connectivity index (χ0n) is 16.1. The number of ether oxygens (including phenoxy) is 2. The molecule has 0 fully saturated rings. The van der Waals surface area contributed by atoms with Crippen LogP contribution in [0.15, 0.2) is 47.8 Å². The summed E-state index contributed by atoms with van der Waals surface area (Å²) in [5.41, 5.74) is 3.78. The summed E-state index contributed by atoms with van der Waals surface area (Å²) in [5, 5.41) is 3.04. The van der Waals surface area contributed by atoms with E-state index in [1.807, 2.05) is 61.7 Å². The van der Waals surface area contributed by atoms with Crippen LogP contribution in [0.1, 0.15) is 17.5 Å². The number of rotatable bonds is 5. The van der Waals surface area contributed by atoms with Crippen LogP contribution in [0.2, 0.25) is 0 Å². The quantitative estimate of drug-likeness (QED) is 0.634. The van der Waals surface area contributed by atoms with Crippen molar-refractivity contribution >= 4 is 22.9 Å². The van der Waals surface area contributed by atoms with E-state index >= 15 is 0 Å². The lowest BCUT2D eigenvalue weighted by Crippen LogP contribution is -2.46. The van der Waals surface area contributed by atoms with Gasteiger partial charge in [0.05, 0.1) is 22.9 Å². The summed E-state index contributed by atoms with van der Waals surface area (Å²) in [7, 11) is 0. The molecule has 5 nitrogen and oxygen atoms in total. The van der Waals surface area contributed by atoms with Crippen LogP contribution in [-0.2, 0) is 4.79 Å². The van der Waals surface area contributed by atoms with Crippen LogP contribution in [0, 0.1) is 13.8 Å². The van der Waals surface area contributed by atoms with Gasteiger partial charge in [-0.2, -0.15) is 0 Å². The third-order valence-corrected chi connectivity index (χ3v) is 5.43. The molecular formula is C22H22N2O3S. The number of hydrogen-bond acceptors (Lipinski definition) is 5. The molecule has 3 aromatic rings. The number of aromatic nitrogens is 1. The topological polar surface area (TPSA) is 51.7 Å². The molecule has 0 radical (unpaired) electrons. The number of amides is 1. The number of nitrogens with zero attached hydrogens (tertiary/aromatic N) is 2. The summed E-state index contributed by atoms with van der Waals surface area (Å²) < 4.78 is 11.7. The van der Waals surface area contributed by atoms with E-state index in [1.54, 1.807) is 23.2 Å². The molecular weight excluding hydrogens is 372 g/mol. The second-order valence-electron chi connectivity index (χ2n) is 6.85. The summed E-state index contributed by atoms with van der Waals surface area (Å²) in [4.78, 5) is 19.1. The molecule has 2 aromatic carbocycles. The van der Waals surface area contributed by atoms with Crippen LogP contribution in [0.5, 0.6) is 11.5 Å². The van der Waals surface area contributed by atoms with Gasteiger partial charge in [0.1, 0.15) is 18.1 Å². The summed E-state index contributed by atoms with van der Waals surface area (Å²) in [6.45, 7) is 6.64. The first-order chi connectivity index (χ1) is 13.5. The van der Waals surface area contributed by atoms with Gasteiger partial charge < -0.3 is 14.4 Å². The Morgan fingerprint density at radius 3 is 2.82 bits per heavy atom. The molecule has 0 saturated heterocycles. The Morgan fingerprint density at radius 1 is 1.21 bits per heavy atom. The standard InChI is InChI=1S/C22H22N2O3S/c1-14-5-4-6-18(11-14)26-10-9-24-20-12-17(19-13-28-16(3)23-19)7-8-21(20)27-15(2)22(24)25/h4-8,11-13,15H,9-10H2,1-3H3. The van der Waals surface area contributed by atoms with Crippen LogP contribution in [0.3, 0.4) is 0 Å². The van der Waals surface area contributed by atoms with Crippen LogP contribution in [-0.4, -0.2) is 30.1 Å². The fourth-order valence-electron chi connectivity index (χ4n) is 3.25. The zero-order chi connectivity index (χ0) is 19.7. The molecule has 1 aliphatic rings. The normalized spacial score (nSPS) is 15.9. The smallest absolute Gasteiger partial charge is 0.267 e. The lowest BCUT2D eigenvalue weighted by atomic mass is 10.1. The van der Waals surface area contributed by atoms with Crippen LogP contribution < -0.4 is 14.4 Å². The molecule has 1 unspecified atom stereocenters. The molecule has 1 aliphatic heterocycles. The van der Waals surface area contributed by atoms with Crippen molar-refractivity contribution in [2.45, 2.75) is 26.9 Å². The molecule has 144 valence electrons. The predicted molar refractivity (Wildman–Crippen MR) is 111 cm³/mol. The third kappa shape index (κ3) is 3.73. The van der Waals surface area contributed by atoms with E-state index in [9.17, 15) is 4.79 Å². The molecule has 0 aliphatic carbocycles. The summed E-state index contributed by atoms with van der Waals surface area (Å²) in [5.74, 6) is 1.45. The molecule has 1 amide bonds. The van der Waals surface area contributed by atoms with Crippen LogP contribution >= 0.6 is 11.3 Å². The first-order valence-electron chi connectivity index (χ1n) is 9.25. The summed E-state index contributed by atoms with van der Waals surface area (Å²) >= 11 is 1.61. The fraction of sp³-hybridized carbons (Fsp3) is 0.273. The van der Waals surface area contributed by atoms with Gasteiger partial charge in [0, 0.05) is 10.9 Å². The molecule has 0 N–H and O–H groups in total. The summed E-state index contributed by atoms with van der Waals surface area (Å²) in [6, 6.07) is 13.8. The van der Waals surface area contributed by atoms with E-state index < -0.39 is 6.10 Å². The minimum Gasteiger partial charge on any atom is -0.492 e. The first kappa shape index (κ1) is 18.5. The molecule has 4 rings (SSSR count). The summed E-state index contributed by atoms with van der Waals surface area (Å²) in [6.07, 6.45) is -0.515. The Balaban J connectivity index is 1.57. The average molecular weight is 394 g/mol. The molecule has 6 heteroatoms. The van der Waals surface area contributed by atoms with Gasteiger partial charge in [-0.05, 0) is 56.7 Å². The van der Waals surface area contributed by atoms with Gasteiger partial charge in [0.2, 0.25) is 0 Å². The van der Waals surface area contributed by atoms with E-state index in [1.165, 1.54) is 0 Å². The van der Waals surface area contributed by atoms with Crippen LogP contribution in [0.4, 0.5) is 5.69 Å². The largest absolute Gasteiger partial charge is 0.492 e. The van der Waals surface area contributed by atoms with Crippen molar-refractivity contribution in [2.75, 3.05) is 18.1 Å². The van der Waals surface area contributed by atoms with Gasteiger partial charge in [-0.15, -0.1) is 11.3 Å². The van der Waals surface area contributed by atoms with E-state index in [4.69, 9.17) is 9.47 Å². The van der Waals surface area contributed by atoms with Crippen molar-refractivity contribution in [1.82, 2.24) is 4.98 Å². The Morgan fingerprint density at radius 2 is 2.07 bits per heavy atom. The van der Waals surface area contributed by atoms with Gasteiger partial charge in [0.25, 0.3) is 5.91 Å². The van der Waals surface area contributed by atoms with Crippen molar-refractivity contribution in [3.63, 3.8) is 0 Å². The Hall–Kier alpha value is -2.86. The monoisotopic (exact) mass is 394 g/mol. The maximum atomic E-state index is 12.8. The van der Waals surface area contributed by atoms with Gasteiger partial charge in [0.15, 0.2) is 6.10 Å². The highest BCUT2D eigenvalue weighted by atomic mass is 32.1. The Kier molecular flexibility index (Phi) is 5.05. The number of carbonyl (C=O) groups excluding carboxylic acids is 1. The maximum absolute atomic E-state index is 12.8. The Bertz CT molecular complexity index is 1010. The second kappa shape index (κ2) is 7.64. The minimum atomic E-state index is -0.515. The third-order valence-electron chi connectivity index (χ3n) is 4.66. The minimum absolute atomic E-state index is 0.0630. The molecule has 1 atom stereocenters. The highest BCUT2D eigenvalue weighted by molar-refractivity contribution is 7.09. The Labute approximate surface area is 168 Å². The number of anilines is 1. The number of thiazole rings is 1. The number of benzene rings is 2. The fourth-order valence-corrected chi connectivity index (χ4v) is 3.87. The van der Waals surface area contributed by atoms with Gasteiger partial charge >= 0.3 is 0 Å². The molecule has 28 heavy (non-hydrogen) atoms. The highest BCUT2D eigenvalue weighted by Crippen LogP contribution is 2.37. The second-order valence-corrected chi connectivity index (χ2v) is 7.91.